The van der Waals surface area contributed by atoms with Gasteiger partial charge in [-0.05, 0) is 6.92 Å². The molecule has 0 saturated carbocycles. The number of aromatic nitrogens is 1. The molecule has 82 valence electrons. The number of thiazole rings is 1. The van der Waals surface area contributed by atoms with Crippen molar-refractivity contribution in [2.24, 2.45) is 5.73 Å². The van der Waals surface area contributed by atoms with Crippen LogP contribution in [0.2, 0.25) is 0 Å². The van der Waals surface area contributed by atoms with Gasteiger partial charge in [0.1, 0.15) is 16.7 Å². The smallest absolute Gasteiger partial charge is 0.325 e. The molecule has 0 aliphatic rings. The average molecular weight is 229 g/mol. The van der Waals surface area contributed by atoms with Gasteiger partial charge in [-0.15, -0.1) is 11.3 Å². The van der Waals surface area contributed by atoms with Gasteiger partial charge in [0.25, 0.3) is 5.91 Å². The summed E-state index contributed by atoms with van der Waals surface area (Å²) in [6, 6.07) is -0.930. The van der Waals surface area contributed by atoms with E-state index in [9.17, 15) is 9.59 Å². The number of nitrogens with zero attached hydrogens (tertiary/aromatic N) is 1. The van der Waals surface area contributed by atoms with Crippen molar-refractivity contribution in [1.82, 2.24) is 10.3 Å². The summed E-state index contributed by atoms with van der Waals surface area (Å²) in [6.07, 6.45) is 0. The van der Waals surface area contributed by atoms with E-state index in [1.807, 2.05) is 0 Å². The van der Waals surface area contributed by atoms with Crippen molar-refractivity contribution in [3.05, 3.63) is 16.1 Å². The third-order valence-electron chi connectivity index (χ3n) is 1.68. The van der Waals surface area contributed by atoms with Crippen LogP contribution in [0.1, 0.15) is 22.4 Å². The number of nitrogens with two attached hydrogens (primary N) is 1. The highest BCUT2D eigenvalue weighted by Gasteiger charge is 2.17. The molecular weight excluding hydrogens is 218 g/mol. The number of nitrogens with one attached hydrogen (secondary N) is 1. The van der Waals surface area contributed by atoms with Gasteiger partial charge in [-0.25, -0.2) is 4.98 Å². The average Bonchev–Trinajstić information content (AvgIpc) is 2.65. The summed E-state index contributed by atoms with van der Waals surface area (Å²) in [5.41, 5.74) is 5.54. The molecule has 0 saturated heterocycles. The Balaban J connectivity index is 2.65. The second kappa shape index (κ2) is 4.85. The van der Waals surface area contributed by atoms with E-state index in [4.69, 9.17) is 10.8 Å². The first-order valence-corrected chi connectivity index (χ1v) is 5.10. The maximum absolute atomic E-state index is 11.4. The lowest BCUT2D eigenvalue weighted by Crippen LogP contribution is -2.38. The Labute approximate surface area is 90.1 Å². The van der Waals surface area contributed by atoms with Crippen LogP contribution in [0, 0.1) is 0 Å². The van der Waals surface area contributed by atoms with Crippen LogP contribution >= 0.6 is 11.3 Å². The van der Waals surface area contributed by atoms with Crippen LogP contribution in [0.3, 0.4) is 0 Å². The highest BCUT2D eigenvalue weighted by atomic mass is 32.1. The summed E-state index contributed by atoms with van der Waals surface area (Å²) in [6.45, 7) is 1.66. The molecule has 15 heavy (non-hydrogen) atoms. The van der Waals surface area contributed by atoms with E-state index in [-0.39, 0.29) is 12.2 Å². The molecule has 0 radical (unpaired) electrons. The van der Waals surface area contributed by atoms with Gasteiger partial charge in [-0.2, -0.15) is 0 Å². The monoisotopic (exact) mass is 229 g/mol. The van der Waals surface area contributed by atoms with Crippen molar-refractivity contribution < 1.29 is 14.7 Å². The van der Waals surface area contributed by atoms with E-state index in [1.54, 1.807) is 5.38 Å². The summed E-state index contributed by atoms with van der Waals surface area (Å²) in [7, 11) is 0. The summed E-state index contributed by atoms with van der Waals surface area (Å²) >= 11 is 1.27. The fraction of sp³-hybridized carbons (Fsp3) is 0.375. The summed E-state index contributed by atoms with van der Waals surface area (Å²) in [4.78, 5) is 25.8. The Morgan fingerprint density at radius 1 is 1.73 bits per heavy atom. The molecular formula is C8H11N3O3S. The SMILES string of the molecule is C[C@H](NC(=O)c1csc(CN)n1)C(=O)O. The molecule has 0 fully saturated rings. The van der Waals surface area contributed by atoms with Gasteiger partial charge in [0.2, 0.25) is 0 Å². The number of carboxylic acids is 1. The van der Waals surface area contributed by atoms with Gasteiger partial charge in [0.15, 0.2) is 0 Å². The first kappa shape index (κ1) is 11.6. The van der Waals surface area contributed by atoms with Crippen LogP contribution in [0.5, 0.6) is 0 Å². The molecule has 0 bridgehead atoms. The molecule has 1 atom stereocenters. The van der Waals surface area contributed by atoms with E-state index >= 15 is 0 Å². The first-order valence-electron chi connectivity index (χ1n) is 4.22. The lowest BCUT2D eigenvalue weighted by atomic mass is 10.3. The van der Waals surface area contributed by atoms with Gasteiger partial charge >= 0.3 is 5.97 Å². The Morgan fingerprint density at radius 2 is 2.40 bits per heavy atom. The molecule has 4 N–H and O–H groups in total. The lowest BCUT2D eigenvalue weighted by Gasteiger charge is -2.06. The molecule has 0 aliphatic carbocycles. The molecule has 7 heteroatoms. The predicted molar refractivity (Wildman–Crippen MR) is 54.6 cm³/mol. The highest BCUT2D eigenvalue weighted by Crippen LogP contribution is 2.08. The largest absolute Gasteiger partial charge is 0.480 e. The standard InChI is InChI=1S/C8H11N3O3S/c1-4(8(13)14)10-7(12)5-3-15-6(2-9)11-5/h3-4H,2,9H2,1H3,(H,10,12)(H,13,14)/t4-/m0/s1. The number of hydrogen-bond acceptors (Lipinski definition) is 5. The molecule has 1 aromatic heterocycles. The lowest BCUT2D eigenvalue weighted by molar-refractivity contribution is -0.138. The third kappa shape index (κ3) is 3.00. The van der Waals surface area contributed by atoms with Gasteiger partial charge in [-0.1, -0.05) is 0 Å². The number of carboxylic acid groups (broad SMARTS) is 1. The molecule has 0 spiro atoms. The van der Waals surface area contributed by atoms with E-state index in [1.165, 1.54) is 18.3 Å². The summed E-state index contributed by atoms with van der Waals surface area (Å²) in [5.74, 6) is -1.58. The van der Waals surface area contributed by atoms with Crippen molar-refractivity contribution in [3.8, 4) is 0 Å². The van der Waals surface area contributed by atoms with Crippen molar-refractivity contribution >= 4 is 23.2 Å². The van der Waals surface area contributed by atoms with Gasteiger partial charge < -0.3 is 16.2 Å². The maximum atomic E-state index is 11.4. The van der Waals surface area contributed by atoms with Crippen molar-refractivity contribution in [3.63, 3.8) is 0 Å². The molecule has 1 rings (SSSR count). The van der Waals surface area contributed by atoms with Crippen LogP contribution in [0.25, 0.3) is 0 Å². The molecule has 0 aliphatic heterocycles. The third-order valence-corrected chi connectivity index (χ3v) is 2.55. The predicted octanol–water partition coefficient (Wildman–Crippen LogP) is -0.195. The minimum absolute atomic E-state index is 0.202. The van der Waals surface area contributed by atoms with Gasteiger partial charge in [-0.3, -0.25) is 9.59 Å². The van der Waals surface area contributed by atoms with Gasteiger partial charge in [0.05, 0.1) is 0 Å². The Kier molecular flexibility index (Phi) is 3.75. The normalized spacial score (nSPS) is 12.1. The van der Waals surface area contributed by atoms with Crippen molar-refractivity contribution in [1.29, 1.82) is 0 Å². The minimum Gasteiger partial charge on any atom is -0.480 e. The Hall–Kier alpha value is -1.47. The topological polar surface area (TPSA) is 105 Å². The Morgan fingerprint density at radius 3 is 2.87 bits per heavy atom. The fourth-order valence-electron chi connectivity index (χ4n) is 0.841. The number of hydrogen-bond donors (Lipinski definition) is 3. The van der Waals surface area contributed by atoms with E-state index in [0.29, 0.717) is 5.01 Å². The van der Waals surface area contributed by atoms with Crippen LogP contribution in [-0.2, 0) is 11.3 Å². The zero-order valence-corrected chi connectivity index (χ0v) is 8.87. The number of rotatable bonds is 4. The second-order valence-corrected chi connectivity index (χ2v) is 3.81. The van der Waals surface area contributed by atoms with E-state index in [0.717, 1.165) is 0 Å². The van der Waals surface area contributed by atoms with E-state index in [2.05, 4.69) is 10.3 Å². The highest BCUT2D eigenvalue weighted by molar-refractivity contribution is 7.09. The van der Waals surface area contributed by atoms with Crippen molar-refractivity contribution in [2.75, 3.05) is 0 Å². The second-order valence-electron chi connectivity index (χ2n) is 2.86. The molecule has 0 unspecified atom stereocenters. The zero-order chi connectivity index (χ0) is 11.4. The van der Waals surface area contributed by atoms with Crippen LogP contribution in [-0.4, -0.2) is 28.0 Å². The van der Waals surface area contributed by atoms with Crippen molar-refractivity contribution in [2.45, 2.75) is 19.5 Å². The zero-order valence-electron chi connectivity index (χ0n) is 8.06. The number of carbonyl (C=O) groups is 2. The molecule has 1 aromatic rings. The number of carbonyl (C=O) groups excluding carboxylic acids is 1. The molecule has 0 aromatic carbocycles. The minimum atomic E-state index is -1.09. The molecule has 1 amide bonds. The number of amides is 1. The van der Waals surface area contributed by atoms with Gasteiger partial charge in [0, 0.05) is 11.9 Å². The molecule has 6 nitrogen and oxygen atoms in total. The molecule has 1 heterocycles. The summed E-state index contributed by atoms with van der Waals surface area (Å²) in [5, 5.41) is 13.1. The van der Waals surface area contributed by atoms with Crippen LogP contribution < -0.4 is 11.1 Å². The Bertz CT molecular complexity index is 377. The first-order chi connectivity index (χ1) is 7.04. The van der Waals surface area contributed by atoms with Crippen LogP contribution in [0.4, 0.5) is 0 Å². The summed E-state index contributed by atoms with van der Waals surface area (Å²) < 4.78 is 0. The number of aliphatic carboxylic acids is 1. The quantitative estimate of drug-likeness (QED) is 0.663. The maximum Gasteiger partial charge on any atom is 0.325 e. The fourth-order valence-corrected chi connectivity index (χ4v) is 1.50. The van der Waals surface area contributed by atoms with Crippen LogP contribution in [0.15, 0.2) is 5.38 Å². The van der Waals surface area contributed by atoms with E-state index < -0.39 is 17.9 Å².